The second kappa shape index (κ2) is 4.49. The Labute approximate surface area is 76.9 Å². The van der Waals surface area contributed by atoms with Crippen LogP contribution in [-0.2, 0) is 13.0 Å². The summed E-state index contributed by atoms with van der Waals surface area (Å²) in [5.41, 5.74) is 5.38. The molecule has 72 valence electrons. The molecule has 0 atom stereocenters. The van der Waals surface area contributed by atoms with Crippen molar-refractivity contribution in [3.8, 4) is 0 Å². The second-order valence-corrected chi connectivity index (χ2v) is 2.81. The van der Waals surface area contributed by atoms with E-state index in [1.54, 1.807) is 6.20 Å². The molecule has 0 saturated carbocycles. The van der Waals surface area contributed by atoms with Gasteiger partial charge in [0, 0.05) is 18.8 Å². The van der Waals surface area contributed by atoms with Gasteiger partial charge >= 0.3 is 0 Å². The van der Waals surface area contributed by atoms with Gasteiger partial charge in [-0.15, -0.1) is 0 Å². The predicted octanol–water partition coefficient (Wildman–Crippen LogP) is 0.582. The lowest BCUT2D eigenvalue weighted by molar-refractivity contribution is 0.316. The highest BCUT2D eigenvalue weighted by Gasteiger charge is 2.02. The second-order valence-electron chi connectivity index (χ2n) is 2.81. The summed E-state index contributed by atoms with van der Waals surface area (Å²) in [7, 11) is 0. The molecule has 0 spiro atoms. The molecular weight excluding hydrogens is 168 g/mol. The van der Waals surface area contributed by atoms with E-state index in [0.717, 1.165) is 18.7 Å². The van der Waals surface area contributed by atoms with Crippen LogP contribution in [-0.4, -0.2) is 20.6 Å². The minimum Gasteiger partial charge on any atom is -0.409 e. The van der Waals surface area contributed by atoms with Gasteiger partial charge in [0.2, 0.25) is 0 Å². The van der Waals surface area contributed by atoms with Crippen molar-refractivity contribution < 1.29 is 5.21 Å². The summed E-state index contributed by atoms with van der Waals surface area (Å²) >= 11 is 0. The molecule has 0 aliphatic rings. The number of amidine groups is 1. The zero-order valence-electron chi connectivity index (χ0n) is 7.64. The van der Waals surface area contributed by atoms with E-state index in [2.05, 4.69) is 17.1 Å². The number of imidazole rings is 1. The van der Waals surface area contributed by atoms with Crippen LogP contribution in [0, 0.1) is 0 Å². The highest BCUT2D eigenvalue weighted by atomic mass is 16.4. The first kappa shape index (κ1) is 9.57. The SMILES string of the molecule is CCCc1nccn1CC(N)=NO. The van der Waals surface area contributed by atoms with Crippen LogP contribution in [0.1, 0.15) is 19.2 Å². The fourth-order valence-electron chi connectivity index (χ4n) is 1.14. The van der Waals surface area contributed by atoms with Gasteiger partial charge in [0.25, 0.3) is 0 Å². The number of aryl methyl sites for hydroxylation is 1. The van der Waals surface area contributed by atoms with Crippen molar-refractivity contribution in [3.63, 3.8) is 0 Å². The average molecular weight is 182 g/mol. The van der Waals surface area contributed by atoms with E-state index >= 15 is 0 Å². The van der Waals surface area contributed by atoms with E-state index in [1.165, 1.54) is 0 Å². The summed E-state index contributed by atoms with van der Waals surface area (Å²) in [6.45, 7) is 2.48. The Balaban J connectivity index is 2.70. The number of nitrogens with two attached hydrogens (primary N) is 1. The lowest BCUT2D eigenvalue weighted by atomic mass is 10.3. The van der Waals surface area contributed by atoms with E-state index in [9.17, 15) is 0 Å². The van der Waals surface area contributed by atoms with Crippen LogP contribution in [0.2, 0.25) is 0 Å². The minimum atomic E-state index is 0.190. The van der Waals surface area contributed by atoms with Crippen LogP contribution >= 0.6 is 0 Å². The first-order chi connectivity index (χ1) is 6.27. The summed E-state index contributed by atoms with van der Waals surface area (Å²) in [5.74, 6) is 1.16. The Bertz CT molecular complexity index is 292. The molecule has 13 heavy (non-hydrogen) atoms. The fourth-order valence-corrected chi connectivity index (χ4v) is 1.14. The van der Waals surface area contributed by atoms with Gasteiger partial charge in [-0.3, -0.25) is 0 Å². The summed E-state index contributed by atoms with van der Waals surface area (Å²) in [6.07, 6.45) is 5.48. The topological polar surface area (TPSA) is 76.4 Å². The maximum absolute atomic E-state index is 8.38. The zero-order valence-corrected chi connectivity index (χ0v) is 7.64. The van der Waals surface area contributed by atoms with Crippen molar-refractivity contribution in [2.45, 2.75) is 26.3 Å². The number of rotatable bonds is 4. The molecule has 0 aliphatic heterocycles. The Hall–Kier alpha value is -1.52. The molecule has 0 unspecified atom stereocenters. The smallest absolute Gasteiger partial charge is 0.159 e. The van der Waals surface area contributed by atoms with E-state index in [4.69, 9.17) is 10.9 Å². The van der Waals surface area contributed by atoms with Gasteiger partial charge in [0.15, 0.2) is 5.84 Å². The highest BCUT2D eigenvalue weighted by Crippen LogP contribution is 2.00. The Kier molecular flexibility index (Phi) is 3.31. The molecule has 1 heterocycles. The Morgan fingerprint density at radius 3 is 3.15 bits per heavy atom. The molecule has 3 N–H and O–H groups in total. The fraction of sp³-hybridized carbons (Fsp3) is 0.500. The third kappa shape index (κ3) is 2.47. The van der Waals surface area contributed by atoms with Crippen molar-refractivity contribution in [1.29, 1.82) is 0 Å². The third-order valence-electron chi connectivity index (χ3n) is 1.74. The summed E-state index contributed by atoms with van der Waals surface area (Å²) < 4.78 is 1.87. The maximum Gasteiger partial charge on any atom is 0.159 e. The van der Waals surface area contributed by atoms with Crippen molar-refractivity contribution in [2.24, 2.45) is 10.9 Å². The number of aromatic nitrogens is 2. The maximum atomic E-state index is 8.38. The van der Waals surface area contributed by atoms with Crippen LogP contribution in [0.25, 0.3) is 0 Å². The molecule has 0 aromatic carbocycles. The molecule has 1 rings (SSSR count). The molecule has 0 saturated heterocycles. The van der Waals surface area contributed by atoms with Gasteiger partial charge in [-0.2, -0.15) is 0 Å². The molecule has 1 aromatic rings. The molecule has 0 bridgehead atoms. The van der Waals surface area contributed by atoms with Gasteiger partial charge in [-0.25, -0.2) is 4.98 Å². The van der Waals surface area contributed by atoms with Gasteiger partial charge in [-0.05, 0) is 6.42 Å². The number of hydrogen-bond acceptors (Lipinski definition) is 3. The lowest BCUT2D eigenvalue weighted by Gasteiger charge is -2.04. The quantitative estimate of drug-likeness (QED) is 0.309. The average Bonchev–Trinajstić information content (AvgIpc) is 2.54. The molecule has 0 radical (unpaired) electrons. The van der Waals surface area contributed by atoms with E-state index in [0.29, 0.717) is 6.54 Å². The zero-order chi connectivity index (χ0) is 9.68. The van der Waals surface area contributed by atoms with Gasteiger partial charge in [-0.1, -0.05) is 12.1 Å². The monoisotopic (exact) mass is 182 g/mol. The van der Waals surface area contributed by atoms with Gasteiger partial charge in [0.05, 0.1) is 6.54 Å². The molecule has 5 nitrogen and oxygen atoms in total. The van der Waals surface area contributed by atoms with Crippen molar-refractivity contribution in [3.05, 3.63) is 18.2 Å². The first-order valence-corrected chi connectivity index (χ1v) is 4.24. The molecule has 1 aromatic heterocycles. The number of hydrogen-bond donors (Lipinski definition) is 2. The van der Waals surface area contributed by atoms with Crippen LogP contribution in [0.15, 0.2) is 17.5 Å². The Morgan fingerprint density at radius 1 is 1.77 bits per heavy atom. The van der Waals surface area contributed by atoms with Crippen molar-refractivity contribution >= 4 is 5.84 Å². The van der Waals surface area contributed by atoms with Crippen LogP contribution in [0.4, 0.5) is 0 Å². The molecule has 5 heteroatoms. The van der Waals surface area contributed by atoms with Gasteiger partial charge in [0.1, 0.15) is 5.82 Å². The van der Waals surface area contributed by atoms with E-state index in [-0.39, 0.29) is 5.84 Å². The van der Waals surface area contributed by atoms with E-state index in [1.807, 2.05) is 10.8 Å². The number of oxime groups is 1. The summed E-state index contributed by atoms with van der Waals surface area (Å²) in [5, 5.41) is 11.3. The first-order valence-electron chi connectivity index (χ1n) is 4.24. The Morgan fingerprint density at radius 2 is 2.54 bits per heavy atom. The van der Waals surface area contributed by atoms with Crippen LogP contribution in [0.5, 0.6) is 0 Å². The molecular formula is C8H14N4O. The van der Waals surface area contributed by atoms with Gasteiger partial charge < -0.3 is 15.5 Å². The lowest BCUT2D eigenvalue weighted by Crippen LogP contribution is -2.20. The predicted molar refractivity (Wildman–Crippen MR) is 49.6 cm³/mol. The summed E-state index contributed by atoms with van der Waals surface area (Å²) in [6, 6.07) is 0. The minimum absolute atomic E-state index is 0.190. The summed E-state index contributed by atoms with van der Waals surface area (Å²) in [4.78, 5) is 4.16. The molecule has 0 amide bonds. The van der Waals surface area contributed by atoms with Crippen LogP contribution < -0.4 is 5.73 Å². The highest BCUT2D eigenvalue weighted by molar-refractivity contribution is 5.79. The normalized spacial score (nSPS) is 11.9. The van der Waals surface area contributed by atoms with Crippen molar-refractivity contribution in [1.82, 2.24) is 9.55 Å². The van der Waals surface area contributed by atoms with Crippen LogP contribution in [0.3, 0.4) is 0 Å². The largest absolute Gasteiger partial charge is 0.409 e. The number of nitrogens with zero attached hydrogens (tertiary/aromatic N) is 3. The third-order valence-corrected chi connectivity index (χ3v) is 1.74. The van der Waals surface area contributed by atoms with Crippen molar-refractivity contribution in [2.75, 3.05) is 0 Å². The van der Waals surface area contributed by atoms with E-state index < -0.39 is 0 Å². The standard InChI is InChI=1S/C8H14N4O/c1-2-3-8-10-4-5-12(8)6-7(9)11-13/h4-5,13H,2-3,6H2,1H3,(H2,9,11). The molecule has 0 aliphatic carbocycles. The molecule has 0 fully saturated rings.